The molecule has 1 nitrogen and oxygen atoms in total. The van der Waals surface area contributed by atoms with Crippen LogP contribution in [-0.4, -0.2) is 14.9 Å². The third kappa shape index (κ3) is 3.15. The van der Waals surface area contributed by atoms with E-state index in [-0.39, 0.29) is 5.04 Å². The Labute approximate surface area is 141 Å². The van der Waals surface area contributed by atoms with Crippen LogP contribution in [0.2, 0.25) is 5.04 Å². The van der Waals surface area contributed by atoms with Crippen LogP contribution in [0.15, 0.2) is 60.7 Å². The highest BCUT2D eigenvalue weighted by atomic mass is 28.4. The Morgan fingerprint density at radius 3 is 1.70 bits per heavy atom. The van der Waals surface area contributed by atoms with Crippen LogP contribution in [0.3, 0.4) is 0 Å². The van der Waals surface area contributed by atoms with Crippen molar-refractivity contribution in [2.45, 2.75) is 39.2 Å². The number of rotatable bonds is 5. The summed E-state index contributed by atoms with van der Waals surface area (Å²) in [6.07, 6.45) is 1.32. The highest BCUT2D eigenvalue weighted by Gasteiger charge is 2.51. The van der Waals surface area contributed by atoms with Gasteiger partial charge in [0.05, 0.1) is 0 Å². The van der Waals surface area contributed by atoms with Crippen LogP contribution < -0.4 is 10.4 Å². The molecule has 0 aromatic heterocycles. The minimum Gasteiger partial charge on any atom is -0.407 e. The fourth-order valence-corrected chi connectivity index (χ4v) is 8.24. The van der Waals surface area contributed by atoms with E-state index in [1.54, 1.807) is 0 Å². The maximum Gasteiger partial charge on any atom is 0.261 e. The molecule has 23 heavy (non-hydrogen) atoms. The highest BCUT2D eigenvalue weighted by Crippen LogP contribution is 2.41. The van der Waals surface area contributed by atoms with Crippen molar-refractivity contribution in [1.82, 2.24) is 0 Å². The van der Waals surface area contributed by atoms with Crippen molar-refractivity contribution >= 4 is 18.7 Å². The first-order chi connectivity index (χ1) is 10.9. The molecule has 2 aromatic rings. The highest BCUT2D eigenvalue weighted by molar-refractivity contribution is 6.99. The quantitative estimate of drug-likeness (QED) is 0.748. The summed E-state index contributed by atoms with van der Waals surface area (Å²) in [7, 11) is -2.30. The van der Waals surface area contributed by atoms with E-state index >= 15 is 0 Å². The van der Waals surface area contributed by atoms with Crippen LogP contribution >= 0.6 is 0 Å². The molecule has 0 heterocycles. The second-order valence-corrected chi connectivity index (χ2v) is 12.3. The van der Waals surface area contributed by atoms with Crippen molar-refractivity contribution in [3.8, 4) is 0 Å². The third-order valence-corrected chi connectivity index (χ3v) is 10.2. The smallest absolute Gasteiger partial charge is 0.261 e. The van der Waals surface area contributed by atoms with Crippen molar-refractivity contribution in [3.05, 3.63) is 60.7 Å². The summed E-state index contributed by atoms with van der Waals surface area (Å²) in [6, 6.07) is 21.8. The molecule has 0 N–H and O–H groups in total. The number of benzene rings is 2. The largest absolute Gasteiger partial charge is 0.407 e. The molecule has 3 rings (SSSR count). The Kier molecular flexibility index (Phi) is 4.48. The maximum atomic E-state index is 6.90. The molecular formula is C21H28OSi. The van der Waals surface area contributed by atoms with E-state index in [2.05, 4.69) is 88.4 Å². The van der Waals surface area contributed by atoms with Gasteiger partial charge in [0, 0.05) is 6.61 Å². The fourth-order valence-electron chi connectivity index (χ4n) is 3.62. The van der Waals surface area contributed by atoms with Crippen molar-refractivity contribution in [1.29, 1.82) is 0 Å². The molecule has 0 spiro atoms. The molecule has 1 aliphatic carbocycles. The van der Waals surface area contributed by atoms with Gasteiger partial charge in [0.1, 0.15) is 0 Å². The van der Waals surface area contributed by atoms with Crippen LogP contribution in [0.5, 0.6) is 0 Å². The Morgan fingerprint density at radius 1 is 0.913 bits per heavy atom. The van der Waals surface area contributed by atoms with Gasteiger partial charge in [-0.15, -0.1) is 0 Å². The first kappa shape index (κ1) is 16.5. The van der Waals surface area contributed by atoms with Crippen LogP contribution in [0, 0.1) is 11.8 Å². The lowest BCUT2D eigenvalue weighted by Gasteiger charge is -2.43. The van der Waals surface area contributed by atoms with E-state index in [1.807, 2.05) is 0 Å². The lowest BCUT2D eigenvalue weighted by atomic mass is 10.2. The average molecular weight is 325 g/mol. The zero-order chi connectivity index (χ0) is 16.5. The summed E-state index contributed by atoms with van der Waals surface area (Å²) in [5, 5.41) is 2.85. The van der Waals surface area contributed by atoms with Crippen molar-refractivity contribution in [2.24, 2.45) is 11.8 Å². The van der Waals surface area contributed by atoms with E-state index in [0.717, 1.165) is 18.4 Å². The third-order valence-electron chi connectivity index (χ3n) is 5.21. The molecule has 2 atom stereocenters. The van der Waals surface area contributed by atoms with E-state index < -0.39 is 8.32 Å². The van der Waals surface area contributed by atoms with Gasteiger partial charge in [-0.25, -0.2) is 0 Å². The van der Waals surface area contributed by atoms with Crippen molar-refractivity contribution < 1.29 is 4.43 Å². The summed E-state index contributed by atoms with van der Waals surface area (Å²) in [4.78, 5) is 0. The van der Waals surface area contributed by atoms with E-state index in [4.69, 9.17) is 4.43 Å². The Hall–Kier alpha value is -1.38. The lowest BCUT2D eigenvalue weighted by Crippen LogP contribution is -2.66. The first-order valence-electron chi connectivity index (χ1n) is 8.70. The minimum absolute atomic E-state index is 0.0911. The second kappa shape index (κ2) is 6.25. The van der Waals surface area contributed by atoms with Gasteiger partial charge in [-0.1, -0.05) is 88.4 Å². The van der Waals surface area contributed by atoms with Gasteiger partial charge in [-0.05, 0) is 33.7 Å². The van der Waals surface area contributed by atoms with E-state index in [1.165, 1.54) is 16.8 Å². The maximum absolute atomic E-state index is 6.90. The topological polar surface area (TPSA) is 9.23 Å². The molecule has 0 unspecified atom stereocenters. The van der Waals surface area contributed by atoms with Crippen LogP contribution in [-0.2, 0) is 4.43 Å². The fraction of sp³-hybridized carbons (Fsp3) is 0.429. The summed E-state index contributed by atoms with van der Waals surface area (Å²) in [5.41, 5.74) is 0. The summed E-state index contributed by atoms with van der Waals surface area (Å²) in [6.45, 7) is 10.3. The lowest BCUT2D eigenvalue weighted by molar-refractivity contribution is 0.275. The molecule has 0 bridgehead atoms. The van der Waals surface area contributed by atoms with Gasteiger partial charge in [-0.3, -0.25) is 0 Å². The molecule has 1 aliphatic rings. The molecule has 2 heteroatoms. The Balaban J connectivity index is 2.09. The van der Waals surface area contributed by atoms with E-state index in [9.17, 15) is 0 Å². The first-order valence-corrected chi connectivity index (χ1v) is 10.6. The number of hydrogen-bond acceptors (Lipinski definition) is 1. The van der Waals surface area contributed by atoms with Crippen molar-refractivity contribution in [2.75, 3.05) is 6.61 Å². The predicted octanol–water partition coefficient (Wildman–Crippen LogP) is 4.22. The Morgan fingerprint density at radius 2 is 1.35 bits per heavy atom. The van der Waals surface area contributed by atoms with Gasteiger partial charge in [-0.2, -0.15) is 0 Å². The molecule has 1 saturated carbocycles. The Bertz CT molecular complexity index is 590. The molecule has 0 amide bonds. The SMILES string of the molecule is C[C@@H]1C[C@H]1CO[Si](c1ccccc1)(c1ccccc1)C(C)(C)C. The van der Waals surface area contributed by atoms with Gasteiger partial charge in [0.25, 0.3) is 8.32 Å². The average Bonchev–Trinajstić information content (AvgIpc) is 3.24. The van der Waals surface area contributed by atoms with Gasteiger partial charge in [0.15, 0.2) is 0 Å². The van der Waals surface area contributed by atoms with Gasteiger partial charge < -0.3 is 4.43 Å². The summed E-state index contributed by atoms with van der Waals surface area (Å²) >= 11 is 0. The molecule has 0 saturated heterocycles. The van der Waals surface area contributed by atoms with Gasteiger partial charge >= 0.3 is 0 Å². The van der Waals surface area contributed by atoms with Gasteiger partial charge in [0.2, 0.25) is 0 Å². The number of hydrogen-bond donors (Lipinski definition) is 0. The molecule has 2 aromatic carbocycles. The molecule has 1 fully saturated rings. The van der Waals surface area contributed by atoms with Crippen molar-refractivity contribution in [3.63, 3.8) is 0 Å². The normalized spacial score (nSPS) is 21.2. The summed E-state index contributed by atoms with van der Waals surface area (Å²) < 4.78 is 6.90. The zero-order valence-corrected chi connectivity index (χ0v) is 15.8. The molecule has 122 valence electrons. The monoisotopic (exact) mass is 324 g/mol. The van der Waals surface area contributed by atoms with E-state index in [0.29, 0.717) is 0 Å². The molecular weight excluding hydrogens is 296 g/mol. The van der Waals surface area contributed by atoms with Crippen LogP contribution in [0.4, 0.5) is 0 Å². The summed E-state index contributed by atoms with van der Waals surface area (Å²) in [5.74, 6) is 1.57. The molecule has 0 aliphatic heterocycles. The predicted molar refractivity (Wildman–Crippen MR) is 101 cm³/mol. The van der Waals surface area contributed by atoms with Crippen LogP contribution in [0.1, 0.15) is 34.1 Å². The second-order valence-electron chi connectivity index (χ2n) is 7.95. The van der Waals surface area contributed by atoms with Crippen LogP contribution in [0.25, 0.3) is 0 Å². The zero-order valence-electron chi connectivity index (χ0n) is 14.8. The molecule has 0 radical (unpaired) electrons. The minimum atomic E-state index is -2.30. The standard InChI is InChI=1S/C21H28OSi/c1-17-15-18(17)16-22-23(21(2,3)4,19-11-7-5-8-12-19)20-13-9-6-10-14-20/h5-14,17-18H,15-16H2,1-4H3/t17-,18+/m1/s1.